The Labute approximate surface area is 256 Å². The molecule has 1 aliphatic carbocycles. The number of nitrogens with zero attached hydrogens (tertiary/aromatic N) is 2. The molecular weight excluding hydrogens is 571 g/mol. The Morgan fingerprint density at radius 2 is 1.75 bits per heavy atom. The highest BCUT2D eigenvalue weighted by atomic mass is 19.4. The summed E-state index contributed by atoms with van der Waals surface area (Å²) in [7, 11) is 0. The number of carbonyl (C=O) groups is 3. The van der Waals surface area contributed by atoms with E-state index in [1.54, 1.807) is 24.3 Å². The minimum atomic E-state index is -4.55. The lowest BCUT2D eigenvalue weighted by Crippen LogP contribution is -2.51. The lowest BCUT2D eigenvalue weighted by Gasteiger charge is -2.47. The predicted octanol–water partition coefficient (Wildman–Crippen LogP) is 7.41. The summed E-state index contributed by atoms with van der Waals surface area (Å²) in [5.41, 5.74) is -0.240. The summed E-state index contributed by atoms with van der Waals surface area (Å²) in [5.74, 6) is -1.36. The Kier molecular flexibility index (Phi) is 9.90. The standard InChI is InChI=1S/C34H42F3N3O4/c1-5-6-10-27(22-11-13-23(14-12-22)30(43)38-20-17-28(41)42)40-31(44)29(24-8-7-9-26(21-24)34(35,36)37)39-33(40)18-15-25(16-19-33)32(2,3)4/h7-9,11-14,21,25,27H,5-6,10,15-20H2,1-4H3,(H,38,43)(H,41,42)/t25?,27-,33?/m1/s1. The Morgan fingerprint density at radius 3 is 2.32 bits per heavy atom. The largest absolute Gasteiger partial charge is 0.481 e. The first kappa shape index (κ1) is 33.2. The number of aliphatic imine (C=N–C) groups is 1. The van der Waals surface area contributed by atoms with Gasteiger partial charge < -0.3 is 15.3 Å². The molecule has 238 valence electrons. The van der Waals surface area contributed by atoms with E-state index >= 15 is 0 Å². The fraction of sp³-hybridized carbons (Fsp3) is 0.529. The minimum absolute atomic E-state index is 0.00502. The van der Waals surface area contributed by atoms with E-state index in [2.05, 4.69) is 33.0 Å². The Morgan fingerprint density at radius 1 is 1.09 bits per heavy atom. The van der Waals surface area contributed by atoms with Crippen molar-refractivity contribution in [2.45, 2.75) is 96.9 Å². The number of nitrogens with one attached hydrogen (secondary N) is 1. The highest BCUT2D eigenvalue weighted by Crippen LogP contribution is 2.50. The van der Waals surface area contributed by atoms with Gasteiger partial charge in [0.25, 0.3) is 11.8 Å². The lowest BCUT2D eigenvalue weighted by molar-refractivity contribution is -0.138. The third-order valence-corrected chi connectivity index (χ3v) is 8.99. The van der Waals surface area contributed by atoms with Gasteiger partial charge in [-0.2, -0.15) is 13.2 Å². The quantitative estimate of drug-likeness (QED) is 0.292. The van der Waals surface area contributed by atoms with Gasteiger partial charge in [-0.15, -0.1) is 0 Å². The zero-order chi connectivity index (χ0) is 32.3. The lowest BCUT2D eigenvalue weighted by atomic mass is 9.69. The van der Waals surface area contributed by atoms with Gasteiger partial charge in [-0.3, -0.25) is 19.4 Å². The number of carboxylic acid groups (broad SMARTS) is 1. The molecule has 10 heteroatoms. The fourth-order valence-electron chi connectivity index (χ4n) is 6.46. The van der Waals surface area contributed by atoms with Crippen LogP contribution < -0.4 is 5.32 Å². The average Bonchev–Trinajstić information content (AvgIpc) is 3.23. The molecule has 1 fully saturated rings. The summed E-state index contributed by atoms with van der Waals surface area (Å²) in [6.45, 7) is 8.67. The smallest absolute Gasteiger partial charge is 0.416 e. The van der Waals surface area contributed by atoms with Crippen LogP contribution in [0.5, 0.6) is 0 Å². The second-order valence-electron chi connectivity index (χ2n) is 13.0. The summed E-state index contributed by atoms with van der Waals surface area (Å²) in [6.07, 6.45) is 0.464. The van der Waals surface area contributed by atoms with E-state index < -0.39 is 35.3 Å². The van der Waals surface area contributed by atoms with Crippen molar-refractivity contribution in [3.8, 4) is 0 Å². The monoisotopic (exact) mass is 613 g/mol. The van der Waals surface area contributed by atoms with Crippen LogP contribution in [0.3, 0.4) is 0 Å². The summed E-state index contributed by atoms with van der Waals surface area (Å²) in [6, 6.07) is 11.3. The van der Waals surface area contributed by atoms with Crippen LogP contribution in [-0.2, 0) is 15.8 Å². The Balaban J connectivity index is 1.72. The van der Waals surface area contributed by atoms with E-state index in [0.29, 0.717) is 30.7 Å². The number of rotatable bonds is 10. The van der Waals surface area contributed by atoms with Crippen LogP contribution in [0.2, 0.25) is 0 Å². The van der Waals surface area contributed by atoms with Crippen LogP contribution in [0.1, 0.15) is 112 Å². The topological polar surface area (TPSA) is 99.1 Å². The van der Waals surface area contributed by atoms with Crippen LogP contribution >= 0.6 is 0 Å². The van der Waals surface area contributed by atoms with Crippen molar-refractivity contribution in [2.75, 3.05) is 6.54 Å². The number of hydrogen-bond donors (Lipinski definition) is 2. The zero-order valence-electron chi connectivity index (χ0n) is 25.8. The average molecular weight is 614 g/mol. The molecule has 2 N–H and O–H groups in total. The molecule has 2 aliphatic rings. The molecule has 1 saturated carbocycles. The summed E-state index contributed by atoms with van der Waals surface area (Å²) >= 11 is 0. The third kappa shape index (κ3) is 7.33. The summed E-state index contributed by atoms with van der Waals surface area (Å²) in [4.78, 5) is 44.6. The molecule has 1 heterocycles. The molecule has 0 aromatic heterocycles. The van der Waals surface area contributed by atoms with E-state index in [-0.39, 0.29) is 35.6 Å². The SMILES string of the molecule is CCCC[C@H](c1ccc(C(=O)NCCC(=O)O)cc1)N1C(=O)C(c2cccc(C(F)(F)F)c2)=NC12CCC(C(C)(C)C)CC2. The van der Waals surface area contributed by atoms with Gasteiger partial charge in [0.1, 0.15) is 11.4 Å². The maximum atomic E-state index is 14.3. The number of alkyl halides is 3. The first-order valence-corrected chi connectivity index (χ1v) is 15.4. The van der Waals surface area contributed by atoms with E-state index in [1.165, 1.54) is 12.1 Å². The van der Waals surface area contributed by atoms with Gasteiger partial charge in [0.15, 0.2) is 0 Å². The van der Waals surface area contributed by atoms with Gasteiger partial charge in [-0.05, 0) is 73.3 Å². The second kappa shape index (κ2) is 13.1. The number of amides is 2. The molecule has 4 rings (SSSR count). The second-order valence-corrected chi connectivity index (χ2v) is 13.0. The van der Waals surface area contributed by atoms with E-state index in [1.807, 2.05) is 4.90 Å². The number of carboxylic acids is 1. The summed E-state index contributed by atoms with van der Waals surface area (Å²) in [5, 5.41) is 11.4. The van der Waals surface area contributed by atoms with Crippen molar-refractivity contribution in [1.29, 1.82) is 0 Å². The van der Waals surface area contributed by atoms with Crippen molar-refractivity contribution < 1.29 is 32.7 Å². The molecule has 2 aromatic carbocycles. The number of unbranched alkanes of at least 4 members (excludes halogenated alkanes) is 1. The van der Waals surface area contributed by atoms with E-state index in [0.717, 1.165) is 43.4 Å². The van der Waals surface area contributed by atoms with Gasteiger partial charge >= 0.3 is 12.1 Å². The molecule has 0 radical (unpaired) electrons. The maximum Gasteiger partial charge on any atom is 0.416 e. The highest BCUT2D eigenvalue weighted by molar-refractivity contribution is 6.46. The van der Waals surface area contributed by atoms with Gasteiger partial charge in [0, 0.05) is 17.7 Å². The molecule has 2 amide bonds. The van der Waals surface area contributed by atoms with E-state index in [9.17, 15) is 27.6 Å². The number of carbonyl (C=O) groups excluding carboxylic acids is 2. The van der Waals surface area contributed by atoms with Crippen molar-refractivity contribution in [1.82, 2.24) is 10.2 Å². The van der Waals surface area contributed by atoms with Gasteiger partial charge in [-0.1, -0.05) is 64.8 Å². The molecule has 1 spiro atoms. The maximum absolute atomic E-state index is 14.3. The van der Waals surface area contributed by atoms with Gasteiger partial charge in [0.2, 0.25) is 0 Å². The molecule has 44 heavy (non-hydrogen) atoms. The van der Waals surface area contributed by atoms with Crippen LogP contribution in [0.4, 0.5) is 13.2 Å². The summed E-state index contributed by atoms with van der Waals surface area (Å²) < 4.78 is 40.9. The fourth-order valence-corrected chi connectivity index (χ4v) is 6.46. The molecule has 1 atom stereocenters. The minimum Gasteiger partial charge on any atom is -0.481 e. The molecule has 0 saturated heterocycles. The van der Waals surface area contributed by atoms with Gasteiger partial charge in [0.05, 0.1) is 18.0 Å². The van der Waals surface area contributed by atoms with Crippen LogP contribution in [0.15, 0.2) is 53.5 Å². The van der Waals surface area contributed by atoms with Crippen molar-refractivity contribution >= 4 is 23.5 Å². The zero-order valence-corrected chi connectivity index (χ0v) is 25.8. The van der Waals surface area contributed by atoms with Crippen LogP contribution in [0, 0.1) is 11.3 Å². The predicted molar refractivity (Wildman–Crippen MR) is 162 cm³/mol. The first-order chi connectivity index (χ1) is 20.7. The number of halogens is 3. The molecule has 2 aromatic rings. The van der Waals surface area contributed by atoms with E-state index in [4.69, 9.17) is 10.1 Å². The van der Waals surface area contributed by atoms with Crippen molar-refractivity contribution in [2.24, 2.45) is 16.3 Å². The number of aliphatic carboxylic acids is 1. The highest BCUT2D eigenvalue weighted by Gasteiger charge is 2.52. The van der Waals surface area contributed by atoms with Crippen LogP contribution in [0.25, 0.3) is 0 Å². The first-order valence-electron chi connectivity index (χ1n) is 15.4. The molecule has 0 bridgehead atoms. The van der Waals surface area contributed by atoms with Crippen molar-refractivity contribution in [3.63, 3.8) is 0 Å². The van der Waals surface area contributed by atoms with Crippen molar-refractivity contribution in [3.05, 3.63) is 70.8 Å². The normalized spacial score (nSPS) is 21.3. The molecule has 7 nitrogen and oxygen atoms in total. The molecule has 0 unspecified atom stereocenters. The molecular formula is C34H42F3N3O4. The third-order valence-electron chi connectivity index (χ3n) is 8.99. The number of hydrogen-bond acceptors (Lipinski definition) is 4. The Bertz CT molecular complexity index is 1390. The van der Waals surface area contributed by atoms with Gasteiger partial charge in [-0.25, -0.2) is 0 Å². The Hall–Kier alpha value is -3.69. The van der Waals surface area contributed by atoms with Crippen LogP contribution in [-0.4, -0.2) is 45.7 Å². The molecule has 1 aliphatic heterocycles. The number of benzene rings is 2.